The molecular weight excluding hydrogens is 365 g/mol. The molecule has 148 valence electrons. The molecule has 0 saturated carbocycles. The van der Waals surface area contributed by atoms with Crippen LogP contribution in [0.15, 0.2) is 30.7 Å². The molecule has 0 aliphatic carbocycles. The third-order valence-corrected chi connectivity index (χ3v) is 4.65. The van der Waals surface area contributed by atoms with Crippen molar-refractivity contribution in [1.82, 2.24) is 19.9 Å². The van der Waals surface area contributed by atoms with Crippen molar-refractivity contribution in [2.45, 2.75) is 26.3 Å². The number of aromatic nitrogens is 3. The van der Waals surface area contributed by atoms with E-state index in [0.717, 1.165) is 6.42 Å². The summed E-state index contributed by atoms with van der Waals surface area (Å²) >= 11 is 0. The highest BCUT2D eigenvalue weighted by Gasteiger charge is 2.31. The van der Waals surface area contributed by atoms with Gasteiger partial charge >= 0.3 is 6.09 Å². The van der Waals surface area contributed by atoms with Crippen LogP contribution in [0.3, 0.4) is 0 Å². The maximum absolute atomic E-state index is 13.8. The number of nitrogens with zero attached hydrogens (tertiary/aromatic N) is 5. The van der Waals surface area contributed by atoms with Crippen LogP contribution in [0, 0.1) is 11.9 Å². The monoisotopic (exact) mass is 387 g/mol. The number of piperazine rings is 1. The second kappa shape index (κ2) is 8.28. The topological polar surface area (TPSA) is 99.5 Å². The summed E-state index contributed by atoms with van der Waals surface area (Å²) in [7, 11) is 0. The Morgan fingerprint density at radius 2 is 2.11 bits per heavy atom. The first-order chi connectivity index (χ1) is 13.4. The van der Waals surface area contributed by atoms with Crippen molar-refractivity contribution in [3.05, 3.63) is 47.9 Å². The number of amides is 1. The minimum atomic E-state index is -0.938. The van der Waals surface area contributed by atoms with Crippen molar-refractivity contribution >= 4 is 17.7 Å². The molecule has 0 spiro atoms. The number of pyridine rings is 1. The molecule has 1 amide bonds. The van der Waals surface area contributed by atoms with Gasteiger partial charge < -0.3 is 14.9 Å². The molecule has 3 rings (SSSR count). The smallest absolute Gasteiger partial charge is 0.407 e. The van der Waals surface area contributed by atoms with E-state index in [1.807, 2.05) is 18.7 Å². The van der Waals surface area contributed by atoms with Crippen LogP contribution in [0.5, 0.6) is 0 Å². The molecule has 8 nitrogen and oxygen atoms in total. The lowest BCUT2D eigenvalue weighted by Crippen LogP contribution is -2.55. The minimum absolute atomic E-state index is 0.0190. The molecule has 0 radical (unpaired) electrons. The van der Waals surface area contributed by atoms with E-state index in [4.69, 9.17) is 0 Å². The number of carbonyl (C=O) groups is 2. The van der Waals surface area contributed by atoms with Crippen LogP contribution in [-0.4, -0.2) is 62.5 Å². The largest absolute Gasteiger partial charge is 0.465 e. The van der Waals surface area contributed by atoms with E-state index in [9.17, 15) is 19.1 Å². The lowest BCUT2D eigenvalue weighted by Gasteiger charge is -2.41. The highest BCUT2D eigenvalue weighted by molar-refractivity contribution is 6.07. The summed E-state index contributed by atoms with van der Waals surface area (Å²) in [5.41, 5.74) is -0.146. The van der Waals surface area contributed by atoms with E-state index < -0.39 is 17.8 Å². The molecule has 0 bridgehead atoms. The quantitative estimate of drug-likeness (QED) is 0.621. The number of hydrogen-bond acceptors (Lipinski definition) is 6. The Balaban J connectivity index is 1.83. The van der Waals surface area contributed by atoms with E-state index in [1.54, 1.807) is 0 Å². The van der Waals surface area contributed by atoms with Gasteiger partial charge in [0.1, 0.15) is 11.5 Å². The first kappa shape index (κ1) is 19.7. The van der Waals surface area contributed by atoms with Crippen LogP contribution in [-0.2, 0) is 0 Å². The van der Waals surface area contributed by atoms with Crippen molar-refractivity contribution < 1.29 is 19.1 Å². The van der Waals surface area contributed by atoms with Gasteiger partial charge in [0.15, 0.2) is 0 Å². The number of ketones is 1. The summed E-state index contributed by atoms with van der Waals surface area (Å²) in [6.07, 6.45) is 3.87. The summed E-state index contributed by atoms with van der Waals surface area (Å²) < 4.78 is 13.8. The molecule has 1 saturated heterocycles. The van der Waals surface area contributed by atoms with Crippen LogP contribution in [0.25, 0.3) is 0 Å². The van der Waals surface area contributed by atoms with E-state index in [1.165, 1.54) is 35.6 Å². The fraction of sp³-hybridized carbons (Fsp3) is 0.421. The molecule has 28 heavy (non-hydrogen) atoms. The second-order valence-corrected chi connectivity index (χ2v) is 7.14. The average molecular weight is 387 g/mol. The van der Waals surface area contributed by atoms with Crippen molar-refractivity contribution in [3.63, 3.8) is 0 Å². The second-order valence-electron chi connectivity index (χ2n) is 7.14. The average Bonchev–Trinajstić information content (AvgIpc) is 2.67. The van der Waals surface area contributed by atoms with Gasteiger partial charge in [0.2, 0.25) is 11.7 Å². The molecule has 2 aromatic rings. The number of hydrogen-bond donors (Lipinski definition) is 1. The maximum Gasteiger partial charge on any atom is 0.407 e. The van der Waals surface area contributed by atoms with E-state index in [2.05, 4.69) is 15.0 Å². The maximum atomic E-state index is 13.8. The zero-order valence-electron chi connectivity index (χ0n) is 15.7. The Hall–Kier alpha value is -3.10. The molecule has 1 N–H and O–H groups in total. The lowest BCUT2D eigenvalue weighted by molar-refractivity contribution is 0.102. The third kappa shape index (κ3) is 4.24. The molecule has 1 unspecified atom stereocenters. The molecule has 2 aromatic heterocycles. The molecule has 9 heteroatoms. The highest BCUT2D eigenvalue weighted by Crippen LogP contribution is 2.22. The summed E-state index contributed by atoms with van der Waals surface area (Å²) in [4.78, 5) is 39.4. The standard InChI is InChI=1S/C19H22FN5O3/c1-12(2)8-13-11-24(6-7-25(13)19(27)28)16-10-21-9-15(23-16)17(26)14-4-3-5-22-18(14)20/h3-5,9-10,12-13H,6-8,11H2,1-2H3,(H,27,28). The van der Waals surface area contributed by atoms with Gasteiger partial charge in [-0.05, 0) is 24.5 Å². The molecule has 1 aliphatic rings. The van der Waals surface area contributed by atoms with Gasteiger partial charge in [-0.25, -0.2) is 14.8 Å². The highest BCUT2D eigenvalue weighted by atomic mass is 19.1. The first-order valence-electron chi connectivity index (χ1n) is 9.08. The fourth-order valence-electron chi connectivity index (χ4n) is 3.37. The number of halogens is 1. The van der Waals surface area contributed by atoms with Crippen molar-refractivity contribution in [1.29, 1.82) is 0 Å². The van der Waals surface area contributed by atoms with Crippen LogP contribution in [0.4, 0.5) is 15.0 Å². The number of carboxylic acid groups (broad SMARTS) is 1. The van der Waals surface area contributed by atoms with E-state index >= 15 is 0 Å². The molecule has 3 heterocycles. The van der Waals surface area contributed by atoms with Gasteiger partial charge in [-0.15, -0.1) is 0 Å². The summed E-state index contributed by atoms with van der Waals surface area (Å²) in [5.74, 6) is -0.650. The Morgan fingerprint density at radius 1 is 1.32 bits per heavy atom. The molecule has 1 atom stereocenters. The van der Waals surface area contributed by atoms with Crippen molar-refractivity contribution in [2.24, 2.45) is 5.92 Å². The van der Waals surface area contributed by atoms with Gasteiger partial charge in [-0.1, -0.05) is 13.8 Å². The SMILES string of the molecule is CC(C)CC1CN(c2cncc(C(=O)c3cccnc3F)n2)CCN1C(=O)O. The zero-order valence-corrected chi connectivity index (χ0v) is 15.7. The van der Waals surface area contributed by atoms with Gasteiger partial charge in [0.25, 0.3) is 0 Å². The van der Waals surface area contributed by atoms with E-state index in [0.29, 0.717) is 31.4 Å². The van der Waals surface area contributed by atoms with Gasteiger partial charge in [-0.2, -0.15) is 4.39 Å². The minimum Gasteiger partial charge on any atom is -0.465 e. The third-order valence-electron chi connectivity index (χ3n) is 4.65. The lowest BCUT2D eigenvalue weighted by atomic mass is 10.0. The number of rotatable bonds is 5. The summed E-state index contributed by atoms with van der Waals surface area (Å²) in [6, 6.07) is 2.65. The predicted octanol–water partition coefficient (Wildman–Crippen LogP) is 2.46. The molecule has 1 aliphatic heterocycles. The Morgan fingerprint density at radius 3 is 2.79 bits per heavy atom. The number of carbonyl (C=O) groups excluding carboxylic acids is 1. The van der Waals surface area contributed by atoms with E-state index in [-0.39, 0.29) is 17.3 Å². The zero-order chi connectivity index (χ0) is 20.3. The van der Waals surface area contributed by atoms with Crippen molar-refractivity contribution in [2.75, 3.05) is 24.5 Å². The Labute approximate surface area is 162 Å². The molecule has 0 aromatic carbocycles. The van der Waals surface area contributed by atoms with Gasteiger partial charge in [0.05, 0.1) is 24.0 Å². The Bertz CT molecular complexity index is 876. The predicted molar refractivity (Wildman–Crippen MR) is 99.8 cm³/mol. The van der Waals surface area contributed by atoms with Crippen LogP contribution >= 0.6 is 0 Å². The number of anilines is 1. The fourth-order valence-corrected chi connectivity index (χ4v) is 3.37. The Kier molecular flexibility index (Phi) is 5.81. The van der Waals surface area contributed by atoms with Gasteiger partial charge in [0, 0.05) is 25.8 Å². The van der Waals surface area contributed by atoms with Crippen LogP contribution in [0.1, 0.15) is 36.3 Å². The molecular formula is C19H22FN5O3. The van der Waals surface area contributed by atoms with Crippen LogP contribution < -0.4 is 4.90 Å². The first-order valence-corrected chi connectivity index (χ1v) is 9.08. The van der Waals surface area contributed by atoms with Crippen molar-refractivity contribution in [3.8, 4) is 0 Å². The normalized spacial score (nSPS) is 17.1. The van der Waals surface area contributed by atoms with Gasteiger partial charge in [-0.3, -0.25) is 9.78 Å². The molecule has 1 fully saturated rings. The summed E-state index contributed by atoms with van der Waals surface area (Å²) in [6.45, 7) is 5.32. The summed E-state index contributed by atoms with van der Waals surface area (Å²) in [5, 5.41) is 9.44. The van der Waals surface area contributed by atoms with Crippen LogP contribution in [0.2, 0.25) is 0 Å².